The molecule has 2 aromatic heterocycles. The molecule has 0 fully saturated rings. The van der Waals surface area contributed by atoms with E-state index in [1.165, 1.54) is 56.1 Å². The fourth-order valence-corrected chi connectivity index (χ4v) is 7.43. The Morgan fingerprint density at radius 1 is 0.947 bits per heavy atom. The molecule has 3 nitrogen and oxygen atoms in total. The average molecular weight is 497 g/mol. The SMILES string of the molecule is Cc1cncc(-c2cccc(C3C=CCC[C@@H]3n3c4c(c5c3C3=C(C5)C5C=CC=CC5O3)C=CCC4)c2)c1. The van der Waals surface area contributed by atoms with Gasteiger partial charge in [0.25, 0.3) is 0 Å². The number of rotatable bonds is 3. The molecular weight excluding hydrogens is 464 g/mol. The van der Waals surface area contributed by atoms with Gasteiger partial charge in [-0.05, 0) is 78.1 Å². The summed E-state index contributed by atoms with van der Waals surface area (Å²) in [5.74, 6) is 1.86. The molecule has 3 aromatic rings. The number of ether oxygens (including phenoxy) is 1. The highest BCUT2D eigenvalue weighted by Gasteiger charge is 2.44. The van der Waals surface area contributed by atoms with Gasteiger partial charge in [-0.2, -0.15) is 0 Å². The molecule has 4 aliphatic carbocycles. The van der Waals surface area contributed by atoms with Crippen LogP contribution in [0.3, 0.4) is 0 Å². The van der Waals surface area contributed by atoms with Gasteiger partial charge in [-0.25, -0.2) is 0 Å². The van der Waals surface area contributed by atoms with E-state index < -0.39 is 0 Å². The quantitative estimate of drug-likeness (QED) is 0.345. The van der Waals surface area contributed by atoms with Crippen LogP contribution < -0.4 is 0 Å². The molecule has 0 saturated heterocycles. The molecule has 0 spiro atoms. The molecule has 0 radical (unpaired) electrons. The van der Waals surface area contributed by atoms with Gasteiger partial charge in [0.05, 0.1) is 5.69 Å². The van der Waals surface area contributed by atoms with Crippen LogP contribution in [0.4, 0.5) is 0 Å². The van der Waals surface area contributed by atoms with Crippen LogP contribution in [0.1, 0.15) is 64.9 Å². The van der Waals surface area contributed by atoms with E-state index in [1.807, 2.05) is 12.4 Å². The maximum atomic E-state index is 6.73. The topological polar surface area (TPSA) is 27.1 Å². The Morgan fingerprint density at radius 3 is 2.84 bits per heavy atom. The van der Waals surface area contributed by atoms with Crippen LogP contribution in [0.5, 0.6) is 0 Å². The van der Waals surface area contributed by atoms with E-state index in [0.29, 0.717) is 17.9 Å². The first-order chi connectivity index (χ1) is 18.8. The zero-order valence-corrected chi connectivity index (χ0v) is 21.8. The van der Waals surface area contributed by atoms with Gasteiger partial charge in [0, 0.05) is 47.9 Å². The van der Waals surface area contributed by atoms with Gasteiger partial charge in [-0.3, -0.25) is 4.98 Å². The van der Waals surface area contributed by atoms with Gasteiger partial charge in [0.2, 0.25) is 0 Å². The highest BCUT2D eigenvalue weighted by Crippen LogP contribution is 2.53. The third-order valence-corrected chi connectivity index (χ3v) is 9.10. The van der Waals surface area contributed by atoms with Crippen LogP contribution in [-0.4, -0.2) is 15.7 Å². The molecule has 3 unspecified atom stereocenters. The predicted molar refractivity (Wildman–Crippen MR) is 154 cm³/mol. The molecule has 1 aromatic carbocycles. The molecule has 3 heteroatoms. The van der Waals surface area contributed by atoms with E-state index in [-0.39, 0.29) is 6.10 Å². The van der Waals surface area contributed by atoms with Crippen molar-refractivity contribution in [2.24, 2.45) is 5.92 Å². The normalized spacial score (nSPS) is 26.2. The predicted octanol–water partition coefficient (Wildman–Crippen LogP) is 7.90. The Kier molecular flexibility index (Phi) is 5.01. The number of aromatic nitrogens is 2. The highest BCUT2D eigenvalue weighted by molar-refractivity contribution is 5.80. The van der Waals surface area contributed by atoms with Crippen LogP contribution >= 0.6 is 0 Å². The number of hydrogen-bond acceptors (Lipinski definition) is 2. The fraction of sp³-hybridized carbons (Fsp3) is 0.286. The summed E-state index contributed by atoms with van der Waals surface area (Å²) >= 11 is 0. The Hall–Kier alpha value is -3.85. The number of hydrogen-bond donors (Lipinski definition) is 0. The molecule has 0 N–H and O–H groups in total. The highest BCUT2D eigenvalue weighted by atomic mass is 16.5. The first-order valence-electron chi connectivity index (χ1n) is 14.1. The summed E-state index contributed by atoms with van der Waals surface area (Å²) in [5.41, 5.74) is 12.3. The minimum Gasteiger partial charge on any atom is -0.483 e. The summed E-state index contributed by atoms with van der Waals surface area (Å²) in [4.78, 5) is 4.45. The molecule has 8 rings (SSSR count). The maximum Gasteiger partial charge on any atom is 0.144 e. The second-order valence-corrected chi connectivity index (χ2v) is 11.4. The van der Waals surface area contributed by atoms with Crippen molar-refractivity contribution in [1.29, 1.82) is 0 Å². The summed E-state index contributed by atoms with van der Waals surface area (Å²) in [5, 5.41) is 0. The van der Waals surface area contributed by atoms with Crippen LogP contribution in [0.15, 0.2) is 90.8 Å². The molecule has 0 saturated carbocycles. The smallest absolute Gasteiger partial charge is 0.144 e. The molecule has 0 bridgehead atoms. The third-order valence-electron chi connectivity index (χ3n) is 9.10. The van der Waals surface area contributed by atoms with Crippen molar-refractivity contribution >= 4 is 11.8 Å². The van der Waals surface area contributed by atoms with E-state index >= 15 is 0 Å². The van der Waals surface area contributed by atoms with Crippen LogP contribution in [0.25, 0.3) is 23.0 Å². The van der Waals surface area contributed by atoms with E-state index in [2.05, 4.69) is 95.4 Å². The molecule has 5 aliphatic rings. The Bertz CT molecular complexity index is 1610. The van der Waals surface area contributed by atoms with Gasteiger partial charge >= 0.3 is 0 Å². The van der Waals surface area contributed by atoms with Crippen molar-refractivity contribution in [3.05, 3.63) is 124 Å². The van der Waals surface area contributed by atoms with Gasteiger partial charge < -0.3 is 9.30 Å². The standard InChI is InChI=1S/C35H32N2O/c1-22-17-25(21-36-20-22)23-9-8-10-24(18-23)26-11-2-5-14-31(26)37-32-15-6-3-12-27(32)29-19-30-28-13-4-7-16-33(28)38-35(30)34(29)37/h2-4,7-13,16-18,20-21,26,28,31,33H,5-6,14-15,19H2,1H3/t26?,28?,31-,33?/m0/s1. The summed E-state index contributed by atoms with van der Waals surface area (Å²) in [6.45, 7) is 2.11. The Balaban J connectivity index is 1.26. The summed E-state index contributed by atoms with van der Waals surface area (Å²) in [6, 6.07) is 11.7. The van der Waals surface area contributed by atoms with Crippen molar-refractivity contribution in [1.82, 2.24) is 9.55 Å². The molecule has 38 heavy (non-hydrogen) atoms. The molecule has 1 aliphatic heterocycles. The average Bonchev–Trinajstić information content (AvgIpc) is 3.61. The van der Waals surface area contributed by atoms with Crippen molar-refractivity contribution < 1.29 is 4.74 Å². The number of nitrogens with zero attached hydrogens (tertiary/aromatic N) is 2. The summed E-state index contributed by atoms with van der Waals surface area (Å²) in [6.07, 6.45) is 28.0. The van der Waals surface area contributed by atoms with E-state index in [4.69, 9.17) is 4.74 Å². The molecule has 4 atom stereocenters. The zero-order chi connectivity index (χ0) is 25.2. The lowest BCUT2D eigenvalue weighted by Crippen LogP contribution is -2.23. The largest absolute Gasteiger partial charge is 0.483 e. The first kappa shape index (κ1) is 22.2. The van der Waals surface area contributed by atoms with Crippen molar-refractivity contribution in [2.75, 3.05) is 0 Å². The lowest BCUT2D eigenvalue weighted by molar-refractivity contribution is 0.208. The maximum absolute atomic E-state index is 6.73. The minimum absolute atomic E-state index is 0.149. The number of pyridine rings is 1. The second kappa shape index (κ2) is 8.59. The van der Waals surface area contributed by atoms with E-state index in [0.717, 1.165) is 32.1 Å². The summed E-state index contributed by atoms with van der Waals surface area (Å²) in [7, 11) is 0. The number of allylic oxidation sites excluding steroid dienone is 5. The van der Waals surface area contributed by atoms with Crippen molar-refractivity contribution in [3.8, 4) is 11.1 Å². The minimum atomic E-state index is 0.149. The molecule has 3 heterocycles. The van der Waals surface area contributed by atoms with Gasteiger partial charge in [0.1, 0.15) is 11.9 Å². The Morgan fingerprint density at radius 2 is 1.89 bits per heavy atom. The Labute approximate surface area is 224 Å². The van der Waals surface area contributed by atoms with Crippen LogP contribution in [-0.2, 0) is 17.6 Å². The zero-order valence-electron chi connectivity index (χ0n) is 21.8. The third kappa shape index (κ3) is 3.31. The second-order valence-electron chi connectivity index (χ2n) is 11.4. The number of aryl methyl sites for hydroxylation is 1. The van der Waals surface area contributed by atoms with E-state index in [9.17, 15) is 0 Å². The fourth-order valence-electron chi connectivity index (χ4n) is 7.43. The molecular formula is C35H32N2O. The monoisotopic (exact) mass is 496 g/mol. The molecule has 0 amide bonds. The van der Waals surface area contributed by atoms with Crippen molar-refractivity contribution in [3.63, 3.8) is 0 Å². The first-order valence-corrected chi connectivity index (χ1v) is 14.1. The van der Waals surface area contributed by atoms with Crippen molar-refractivity contribution in [2.45, 2.75) is 57.1 Å². The van der Waals surface area contributed by atoms with Crippen LogP contribution in [0, 0.1) is 12.8 Å². The van der Waals surface area contributed by atoms with E-state index in [1.54, 1.807) is 0 Å². The van der Waals surface area contributed by atoms with Crippen LogP contribution in [0.2, 0.25) is 0 Å². The van der Waals surface area contributed by atoms with Gasteiger partial charge in [-0.1, -0.05) is 66.8 Å². The number of benzene rings is 1. The lowest BCUT2D eigenvalue weighted by Gasteiger charge is -2.33. The van der Waals surface area contributed by atoms with Gasteiger partial charge in [0.15, 0.2) is 0 Å². The molecule has 188 valence electrons. The summed E-state index contributed by atoms with van der Waals surface area (Å²) < 4.78 is 9.46. The lowest BCUT2D eigenvalue weighted by atomic mass is 9.83. The van der Waals surface area contributed by atoms with Gasteiger partial charge in [-0.15, -0.1) is 0 Å². The number of fused-ring (bicyclic) bond motifs is 6.